The minimum atomic E-state index is -0.635. The smallest absolute Gasteiger partial charge is 0.232 e. The second-order valence-electron chi connectivity index (χ2n) is 5.22. The van der Waals surface area contributed by atoms with Crippen LogP contribution < -0.4 is 0 Å². The van der Waals surface area contributed by atoms with Gasteiger partial charge in [-0.25, -0.2) is 8.78 Å². The summed E-state index contributed by atoms with van der Waals surface area (Å²) in [6, 6.07) is 3.37. The molecule has 1 N–H and O–H groups in total. The molecule has 1 unspecified atom stereocenters. The molecule has 116 valence electrons. The molecule has 2 rings (SSSR count). The summed E-state index contributed by atoms with van der Waals surface area (Å²) in [5.74, 6) is -0.795. The third kappa shape index (κ3) is 4.68. The quantitative estimate of drug-likeness (QED) is 0.849. The molecule has 1 aliphatic rings. The number of aliphatic hydroxyl groups is 1. The lowest BCUT2D eigenvalue weighted by Crippen LogP contribution is -2.41. The summed E-state index contributed by atoms with van der Waals surface area (Å²) in [6.07, 6.45) is 2.68. The Balaban J connectivity index is 1.86. The van der Waals surface area contributed by atoms with Crippen LogP contribution in [0.3, 0.4) is 0 Å². The summed E-state index contributed by atoms with van der Waals surface area (Å²) in [5, 5.41) is 8.97. The Hall–Kier alpha value is -1.14. The first-order valence-corrected chi connectivity index (χ1v) is 8.05. The van der Waals surface area contributed by atoms with Gasteiger partial charge in [0, 0.05) is 30.7 Å². The van der Waals surface area contributed by atoms with Crippen LogP contribution in [0.4, 0.5) is 8.78 Å². The molecule has 3 nitrogen and oxygen atoms in total. The van der Waals surface area contributed by atoms with E-state index in [2.05, 4.69) is 0 Å². The first kappa shape index (κ1) is 16.2. The molecule has 1 amide bonds. The molecule has 1 saturated heterocycles. The van der Waals surface area contributed by atoms with E-state index in [9.17, 15) is 13.6 Å². The summed E-state index contributed by atoms with van der Waals surface area (Å²) in [6.45, 7) is 1.52. The topological polar surface area (TPSA) is 40.5 Å². The average molecular weight is 315 g/mol. The van der Waals surface area contributed by atoms with E-state index in [1.165, 1.54) is 12.1 Å². The van der Waals surface area contributed by atoms with Crippen LogP contribution in [0.15, 0.2) is 23.1 Å². The second kappa shape index (κ2) is 7.75. The van der Waals surface area contributed by atoms with Gasteiger partial charge in [0.05, 0.1) is 5.75 Å². The number of rotatable bonds is 5. The molecule has 0 aromatic heterocycles. The van der Waals surface area contributed by atoms with E-state index in [0.29, 0.717) is 25.4 Å². The van der Waals surface area contributed by atoms with E-state index in [0.717, 1.165) is 30.7 Å². The first-order valence-electron chi connectivity index (χ1n) is 7.06. The highest BCUT2D eigenvalue weighted by molar-refractivity contribution is 8.00. The van der Waals surface area contributed by atoms with Crippen molar-refractivity contribution in [3.8, 4) is 0 Å². The highest BCUT2D eigenvalue weighted by Gasteiger charge is 2.23. The number of thioether (sulfide) groups is 1. The van der Waals surface area contributed by atoms with Crippen molar-refractivity contribution in [3.63, 3.8) is 0 Å². The number of hydrogen-bond acceptors (Lipinski definition) is 3. The van der Waals surface area contributed by atoms with Gasteiger partial charge in [0.25, 0.3) is 0 Å². The van der Waals surface area contributed by atoms with Crippen LogP contribution in [-0.4, -0.2) is 41.4 Å². The zero-order valence-electron chi connectivity index (χ0n) is 11.7. The largest absolute Gasteiger partial charge is 0.396 e. The predicted molar refractivity (Wildman–Crippen MR) is 78.1 cm³/mol. The Morgan fingerprint density at radius 3 is 2.95 bits per heavy atom. The fraction of sp³-hybridized carbons (Fsp3) is 0.533. The van der Waals surface area contributed by atoms with Crippen LogP contribution in [0.1, 0.15) is 19.3 Å². The zero-order valence-corrected chi connectivity index (χ0v) is 12.5. The van der Waals surface area contributed by atoms with Crippen molar-refractivity contribution >= 4 is 17.7 Å². The summed E-state index contributed by atoms with van der Waals surface area (Å²) in [4.78, 5) is 14.2. The molecule has 0 bridgehead atoms. The molecule has 0 saturated carbocycles. The molecule has 0 spiro atoms. The van der Waals surface area contributed by atoms with Crippen LogP contribution in [0.2, 0.25) is 0 Å². The number of amides is 1. The lowest BCUT2D eigenvalue weighted by molar-refractivity contribution is -0.130. The van der Waals surface area contributed by atoms with E-state index in [4.69, 9.17) is 5.11 Å². The van der Waals surface area contributed by atoms with Gasteiger partial charge in [-0.3, -0.25) is 4.79 Å². The van der Waals surface area contributed by atoms with Crippen molar-refractivity contribution < 1.29 is 18.7 Å². The van der Waals surface area contributed by atoms with E-state index < -0.39 is 11.6 Å². The molecule has 1 fully saturated rings. The molecule has 1 aromatic rings. The molecule has 1 atom stereocenters. The van der Waals surface area contributed by atoms with Gasteiger partial charge in [-0.2, -0.15) is 0 Å². The second-order valence-corrected chi connectivity index (χ2v) is 6.24. The highest BCUT2D eigenvalue weighted by Crippen LogP contribution is 2.24. The van der Waals surface area contributed by atoms with Crippen LogP contribution in [0.5, 0.6) is 0 Å². The van der Waals surface area contributed by atoms with Crippen molar-refractivity contribution in [1.29, 1.82) is 0 Å². The average Bonchev–Trinajstić information content (AvgIpc) is 2.47. The number of aliphatic hydroxyl groups excluding tert-OH is 1. The van der Waals surface area contributed by atoms with Crippen LogP contribution in [0, 0.1) is 17.6 Å². The van der Waals surface area contributed by atoms with Crippen LogP contribution >= 0.6 is 11.8 Å². The molecule has 1 heterocycles. The van der Waals surface area contributed by atoms with Crippen LogP contribution in [0.25, 0.3) is 0 Å². The Bertz CT molecular complexity index is 497. The van der Waals surface area contributed by atoms with Gasteiger partial charge in [-0.1, -0.05) is 0 Å². The summed E-state index contributed by atoms with van der Waals surface area (Å²) in [7, 11) is 0. The van der Waals surface area contributed by atoms with E-state index in [1.807, 2.05) is 0 Å². The minimum Gasteiger partial charge on any atom is -0.396 e. The molecule has 21 heavy (non-hydrogen) atoms. The van der Waals surface area contributed by atoms with Gasteiger partial charge in [-0.05, 0) is 37.3 Å². The number of carbonyl (C=O) groups is 1. The standard InChI is InChI=1S/C15H19F2NO2S/c16-12-3-4-14(13(17)8-12)21-10-15(20)18-6-1-2-11(9-18)5-7-19/h3-4,8,11,19H,1-2,5-7,9-10H2. The maximum atomic E-state index is 13.5. The van der Waals surface area contributed by atoms with Gasteiger partial charge in [0.2, 0.25) is 5.91 Å². The van der Waals surface area contributed by atoms with Gasteiger partial charge in [0.1, 0.15) is 11.6 Å². The summed E-state index contributed by atoms with van der Waals surface area (Å²) >= 11 is 1.09. The molecule has 1 aromatic carbocycles. The third-order valence-corrected chi connectivity index (χ3v) is 4.69. The lowest BCUT2D eigenvalue weighted by Gasteiger charge is -2.32. The van der Waals surface area contributed by atoms with Gasteiger partial charge in [-0.15, -0.1) is 11.8 Å². The van der Waals surface area contributed by atoms with Crippen molar-refractivity contribution in [2.45, 2.75) is 24.2 Å². The Morgan fingerprint density at radius 1 is 1.43 bits per heavy atom. The maximum Gasteiger partial charge on any atom is 0.232 e. The predicted octanol–water partition coefficient (Wildman–Crippen LogP) is 2.68. The normalized spacial score (nSPS) is 18.8. The van der Waals surface area contributed by atoms with Gasteiger partial charge >= 0.3 is 0 Å². The Kier molecular flexibility index (Phi) is 5.99. The fourth-order valence-corrected chi connectivity index (χ4v) is 3.36. The third-order valence-electron chi connectivity index (χ3n) is 3.65. The number of carbonyl (C=O) groups excluding carboxylic acids is 1. The number of likely N-dealkylation sites (tertiary alicyclic amines) is 1. The zero-order chi connectivity index (χ0) is 15.2. The Morgan fingerprint density at radius 2 is 2.24 bits per heavy atom. The van der Waals surface area contributed by atoms with Crippen molar-refractivity contribution in [3.05, 3.63) is 29.8 Å². The highest BCUT2D eigenvalue weighted by atomic mass is 32.2. The molecule has 0 aliphatic carbocycles. The van der Waals surface area contributed by atoms with E-state index in [1.54, 1.807) is 4.90 Å². The number of hydrogen-bond donors (Lipinski definition) is 1. The first-order chi connectivity index (χ1) is 10.1. The SMILES string of the molecule is O=C(CSc1ccc(F)cc1F)N1CCCC(CCO)C1. The van der Waals surface area contributed by atoms with Crippen molar-refractivity contribution in [1.82, 2.24) is 4.90 Å². The Labute approximate surface area is 127 Å². The minimum absolute atomic E-state index is 0.0358. The summed E-state index contributed by atoms with van der Waals surface area (Å²) in [5.41, 5.74) is 0. The fourth-order valence-electron chi connectivity index (χ4n) is 2.53. The van der Waals surface area contributed by atoms with Crippen LogP contribution in [-0.2, 0) is 4.79 Å². The van der Waals surface area contributed by atoms with Gasteiger partial charge < -0.3 is 10.0 Å². The van der Waals surface area contributed by atoms with E-state index in [-0.39, 0.29) is 23.2 Å². The number of halogens is 2. The van der Waals surface area contributed by atoms with Crippen molar-refractivity contribution in [2.75, 3.05) is 25.4 Å². The van der Waals surface area contributed by atoms with E-state index >= 15 is 0 Å². The molecule has 0 radical (unpaired) electrons. The monoisotopic (exact) mass is 315 g/mol. The van der Waals surface area contributed by atoms with Crippen molar-refractivity contribution in [2.24, 2.45) is 5.92 Å². The molecular formula is C15H19F2NO2S. The maximum absolute atomic E-state index is 13.5. The molecule has 1 aliphatic heterocycles. The summed E-state index contributed by atoms with van der Waals surface area (Å²) < 4.78 is 26.3. The van der Waals surface area contributed by atoms with Gasteiger partial charge in [0.15, 0.2) is 0 Å². The number of benzene rings is 1. The number of nitrogens with zero attached hydrogens (tertiary/aromatic N) is 1. The molecule has 6 heteroatoms. The number of piperidine rings is 1. The molecular weight excluding hydrogens is 296 g/mol. The lowest BCUT2D eigenvalue weighted by atomic mass is 9.95.